The third kappa shape index (κ3) is 7.06. The predicted octanol–water partition coefficient (Wildman–Crippen LogP) is -0.565. The summed E-state index contributed by atoms with van der Waals surface area (Å²) >= 11 is 0. The summed E-state index contributed by atoms with van der Waals surface area (Å²) in [6.07, 6.45) is -1.06. The molecule has 0 aromatic carbocycles. The highest BCUT2D eigenvalue weighted by Crippen LogP contribution is 1.88. The van der Waals surface area contributed by atoms with Crippen LogP contribution in [0.15, 0.2) is 0 Å². The van der Waals surface area contributed by atoms with Gasteiger partial charge >= 0.3 is 5.97 Å². The second-order valence-electron chi connectivity index (χ2n) is 2.31. The van der Waals surface area contributed by atoms with E-state index in [1.807, 2.05) is 0 Å². The number of aliphatic carboxylic acids is 1. The van der Waals surface area contributed by atoms with Crippen LogP contribution in [0.4, 0.5) is 0 Å². The lowest BCUT2D eigenvalue weighted by molar-refractivity contribution is -0.139. The molecule has 4 nitrogen and oxygen atoms in total. The summed E-state index contributed by atoms with van der Waals surface area (Å²) in [6, 6.07) is 0. The Morgan fingerprint density at radius 1 is 1.67 bits per heavy atom. The van der Waals surface area contributed by atoms with Crippen molar-refractivity contribution in [3.05, 3.63) is 0 Å². The van der Waals surface area contributed by atoms with E-state index in [2.05, 4.69) is 17.2 Å². The average Bonchev–Trinajstić information content (AvgIpc) is 1.97. The van der Waals surface area contributed by atoms with Crippen LogP contribution in [0.2, 0.25) is 0 Å². The monoisotopic (exact) mass is 171 g/mol. The van der Waals surface area contributed by atoms with E-state index in [1.165, 1.54) is 0 Å². The minimum Gasteiger partial charge on any atom is -0.481 e. The third-order valence-electron chi connectivity index (χ3n) is 1.18. The van der Waals surface area contributed by atoms with Gasteiger partial charge in [-0.3, -0.25) is 4.79 Å². The molecule has 0 aromatic rings. The van der Waals surface area contributed by atoms with Gasteiger partial charge in [0.25, 0.3) is 0 Å². The Kier molecular flexibility index (Phi) is 6.07. The van der Waals surface area contributed by atoms with Crippen LogP contribution in [-0.2, 0) is 4.79 Å². The van der Waals surface area contributed by atoms with Crippen LogP contribution < -0.4 is 5.32 Å². The third-order valence-corrected chi connectivity index (χ3v) is 1.18. The van der Waals surface area contributed by atoms with E-state index in [-0.39, 0.29) is 13.0 Å². The standard InChI is InChI=1S/C8H13NO3/c1-2-3-4-9-6-7(10)5-8(11)12/h7,9-10H,4-6H2,1H3,(H,11,12). The largest absolute Gasteiger partial charge is 0.481 e. The molecular weight excluding hydrogens is 158 g/mol. The van der Waals surface area contributed by atoms with Gasteiger partial charge in [0, 0.05) is 6.54 Å². The van der Waals surface area contributed by atoms with Crippen LogP contribution in [-0.4, -0.2) is 35.4 Å². The molecule has 0 bridgehead atoms. The minimum atomic E-state index is -0.995. The van der Waals surface area contributed by atoms with E-state index in [0.29, 0.717) is 6.54 Å². The number of hydrogen-bond donors (Lipinski definition) is 3. The van der Waals surface area contributed by atoms with Gasteiger partial charge in [0.2, 0.25) is 0 Å². The van der Waals surface area contributed by atoms with Crippen molar-refractivity contribution in [1.82, 2.24) is 5.32 Å². The number of carboxylic acid groups (broad SMARTS) is 1. The molecule has 68 valence electrons. The maximum Gasteiger partial charge on any atom is 0.306 e. The Bertz CT molecular complexity index is 192. The molecule has 0 fully saturated rings. The molecule has 1 unspecified atom stereocenters. The summed E-state index contributed by atoms with van der Waals surface area (Å²) in [4.78, 5) is 10.1. The van der Waals surface area contributed by atoms with Crippen LogP contribution in [0.3, 0.4) is 0 Å². The first-order chi connectivity index (χ1) is 5.66. The van der Waals surface area contributed by atoms with E-state index in [4.69, 9.17) is 10.2 Å². The Labute approximate surface area is 71.6 Å². The van der Waals surface area contributed by atoms with Crippen molar-refractivity contribution in [2.45, 2.75) is 19.4 Å². The molecule has 1 atom stereocenters. The number of aliphatic hydroxyl groups excluding tert-OH is 1. The SMILES string of the molecule is CC#CCNCC(O)CC(=O)O. The fraction of sp³-hybridized carbons (Fsp3) is 0.625. The summed E-state index contributed by atoms with van der Waals surface area (Å²) in [5.41, 5.74) is 0. The van der Waals surface area contributed by atoms with Gasteiger partial charge in [0.1, 0.15) is 0 Å². The second kappa shape index (κ2) is 6.65. The van der Waals surface area contributed by atoms with E-state index < -0.39 is 12.1 Å². The number of carbonyl (C=O) groups is 1. The predicted molar refractivity (Wildman–Crippen MR) is 44.6 cm³/mol. The van der Waals surface area contributed by atoms with Crippen molar-refractivity contribution in [1.29, 1.82) is 0 Å². The number of carboxylic acids is 1. The van der Waals surface area contributed by atoms with Gasteiger partial charge in [0.15, 0.2) is 0 Å². The molecule has 0 radical (unpaired) electrons. The van der Waals surface area contributed by atoms with Gasteiger partial charge in [-0.15, -0.1) is 5.92 Å². The number of hydrogen-bond acceptors (Lipinski definition) is 3. The highest BCUT2D eigenvalue weighted by Gasteiger charge is 2.07. The van der Waals surface area contributed by atoms with Crippen LogP contribution >= 0.6 is 0 Å². The van der Waals surface area contributed by atoms with Crippen LogP contribution in [0.25, 0.3) is 0 Å². The van der Waals surface area contributed by atoms with Crippen molar-refractivity contribution in [2.24, 2.45) is 0 Å². The highest BCUT2D eigenvalue weighted by atomic mass is 16.4. The Morgan fingerprint density at radius 3 is 2.83 bits per heavy atom. The first-order valence-electron chi connectivity index (χ1n) is 3.67. The molecule has 0 aliphatic rings. The first-order valence-corrected chi connectivity index (χ1v) is 3.67. The lowest BCUT2D eigenvalue weighted by Crippen LogP contribution is -2.28. The number of rotatable bonds is 5. The van der Waals surface area contributed by atoms with Gasteiger partial charge in [-0.25, -0.2) is 0 Å². The lowest BCUT2D eigenvalue weighted by atomic mass is 10.2. The van der Waals surface area contributed by atoms with E-state index >= 15 is 0 Å². The topological polar surface area (TPSA) is 69.6 Å². The average molecular weight is 171 g/mol. The lowest BCUT2D eigenvalue weighted by Gasteiger charge is -2.06. The fourth-order valence-electron chi connectivity index (χ4n) is 0.663. The number of aliphatic hydroxyl groups is 1. The summed E-state index contributed by atoms with van der Waals surface area (Å²) < 4.78 is 0. The molecule has 0 saturated carbocycles. The van der Waals surface area contributed by atoms with Gasteiger partial charge < -0.3 is 15.5 Å². The normalized spacial score (nSPS) is 11.5. The Hall–Kier alpha value is -1.05. The summed E-state index contributed by atoms with van der Waals surface area (Å²) in [6.45, 7) is 2.46. The van der Waals surface area contributed by atoms with Crippen LogP contribution in [0, 0.1) is 11.8 Å². The van der Waals surface area contributed by atoms with E-state index in [0.717, 1.165) is 0 Å². The maximum absolute atomic E-state index is 10.1. The molecule has 0 aliphatic heterocycles. The molecule has 0 spiro atoms. The molecule has 0 saturated heterocycles. The zero-order valence-corrected chi connectivity index (χ0v) is 7.00. The zero-order chi connectivity index (χ0) is 9.40. The molecule has 0 amide bonds. The summed E-state index contributed by atoms with van der Waals surface area (Å²) in [5, 5.41) is 20.1. The summed E-state index contributed by atoms with van der Waals surface area (Å²) in [7, 11) is 0. The summed E-state index contributed by atoms with van der Waals surface area (Å²) in [5.74, 6) is 4.41. The second-order valence-corrected chi connectivity index (χ2v) is 2.31. The molecule has 12 heavy (non-hydrogen) atoms. The van der Waals surface area contributed by atoms with Crippen molar-refractivity contribution in [3.8, 4) is 11.8 Å². The highest BCUT2D eigenvalue weighted by molar-refractivity contribution is 5.67. The Morgan fingerprint density at radius 2 is 2.33 bits per heavy atom. The molecule has 0 rings (SSSR count). The molecular formula is C8H13NO3. The first kappa shape index (κ1) is 11.0. The minimum absolute atomic E-state index is 0.230. The van der Waals surface area contributed by atoms with Crippen molar-refractivity contribution in [2.75, 3.05) is 13.1 Å². The molecule has 0 aliphatic carbocycles. The van der Waals surface area contributed by atoms with Crippen LogP contribution in [0.1, 0.15) is 13.3 Å². The van der Waals surface area contributed by atoms with E-state index in [1.54, 1.807) is 6.92 Å². The van der Waals surface area contributed by atoms with Gasteiger partial charge in [-0.2, -0.15) is 0 Å². The van der Waals surface area contributed by atoms with Gasteiger partial charge in [-0.05, 0) is 6.92 Å². The van der Waals surface area contributed by atoms with Crippen LogP contribution in [0.5, 0.6) is 0 Å². The Balaban J connectivity index is 3.35. The number of nitrogens with one attached hydrogen (secondary N) is 1. The zero-order valence-electron chi connectivity index (χ0n) is 7.00. The quantitative estimate of drug-likeness (QED) is 0.383. The van der Waals surface area contributed by atoms with Gasteiger partial charge in [-0.1, -0.05) is 5.92 Å². The molecule has 0 aromatic heterocycles. The fourth-order valence-corrected chi connectivity index (χ4v) is 0.663. The van der Waals surface area contributed by atoms with E-state index in [9.17, 15) is 4.79 Å². The van der Waals surface area contributed by atoms with Crippen molar-refractivity contribution < 1.29 is 15.0 Å². The molecule has 3 N–H and O–H groups in total. The maximum atomic E-state index is 10.1. The van der Waals surface area contributed by atoms with Crippen molar-refractivity contribution >= 4 is 5.97 Å². The molecule has 4 heteroatoms. The van der Waals surface area contributed by atoms with Gasteiger partial charge in [0.05, 0.1) is 19.1 Å². The van der Waals surface area contributed by atoms with Crippen molar-refractivity contribution in [3.63, 3.8) is 0 Å². The smallest absolute Gasteiger partial charge is 0.306 e. The molecule has 0 heterocycles.